The number of hydrogen-bond donors (Lipinski definition) is 2. The van der Waals surface area contributed by atoms with Crippen molar-refractivity contribution in [3.63, 3.8) is 0 Å². The highest BCUT2D eigenvalue weighted by atomic mass is 16.6. The third kappa shape index (κ3) is 4.44. The summed E-state index contributed by atoms with van der Waals surface area (Å²) in [5.41, 5.74) is 0.798. The molecule has 0 aromatic carbocycles. The molecule has 21 heavy (non-hydrogen) atoms. The van der Waals surface area contributed by atoms with Crippen molar-refractivity contribution in [2.24, 2.45) is 0 Å². The van der Waals surface area contributed by atoms with Gasteiger partial charge in [-0.2, -0.15) is 0 Å². The van der Waals surface area contributed by atoms with E-state index in [0.29, 0.717) is 11.6 Å². The van der Waals surface area contributed by atoms with E-state index in [4.69, 9.17) is 4.74 Å². The Morgan fingerprint density at radius 3 is 2.57 bits per heavy atom. The molecular weight excluding hydrogens is 272 g/mol. The van der Waals surface area contributed by atoms with Crippen LogP contribution in [-0.2, 0) is 11.3 Å². The summed E-state index contributed by atoms with van der Waals surface area (Å²) in [4.78, 5) is 26.9. The van der Waals surface area contributed by atoms with E-state index in [1.54, 1.807) is 32.9 Å². The largest absolute Gasteiger partial charge is 0.477 e. The summed E-state index contributed by atoms with van der Waals surface area (Å²) in [6.07, 6.45) is 1.47. The molecule has 1 aromatic rings. The van der Waals surface area contributed by atoms with Gasteiger partial charge < -0.3 is 15.2 Å². The van der Waals surface area contributed by atoms with Crippen LogP contribution in [0, 0.1) is 0 Å². The minimum atomic E-state index is -1.03. The van der Waals surface area contributed by atoms with Gasteiger partial charge in [0, 0.05) is 0 Å². The second kappa shape index (κ2) is 5.71. The van der Waals surface area contributed by atoms with Gasteiger partial charge in [0.2, 0.25) is 0 Å². The van der Waals surface area contributed by atoms with Crippen molar-refractivity contribution in [2.45, 2.75) is 51.7 Å². The number of carbonyl (C=O) groups is 2. The number of carboxylic acids is 1. The van der Waals surface area contributed by atoms with Crippen LogP contribution in [-0.4, -0.2) is 27.8 Å². The van der Waals surface area contributed by atoms with Crippen LogP contribution in [0.15, 0.2) is 12.1 Å². The van der Waals surface area contributed by atoms with Gasteiger partial charge in [0.25, 0.3) is 0 Å². The first kappa shape index (κ1) is 15.3. The van der Waals surface area contributed by atoms with Crippen LogP contribution in [0.2, 0.25) is 0 Å². The number of nitrogens with one attached hydrogen (secondary N) is 1. The summed E-state index contributed by atoms with van der Waals surface area (Å²) in [7, 11) is 0. The van der Waals surface area contributed by atoms with Crippen molar-refractivity contribution in [1.29, 1.82) is 0 Å². The van der Waals surface area contributed by atoms with Crippen molar-refractivity contribution in [3.8, 4) is 0 Å². The van der Waals surface area contributed by atoms with Gasteiger partial charge in [-0.1, -0.05) is 6.07 Å². The first-order chi connectivity index (χ1) is 9.76. The lowest BCUT2D eigenvalue weighted by Gasteiger charge is -2.19. The van der Waals surface area contributed by atoms with E-state index >= 15 is 0 Å². The molecule has 2 rings (SSSR count). The monoisotopic (exact) mass is 292 g/mol. The van der Waals surface area contributed by atoms with Crippen LogP contribution in [0.4, 0.5) is 4.79 Å². The number of carbonyl (C=O) groups excluding carboxylic acids is 1. The highest BCUT2D eigenvalue weighted by Crippen LogP contribution is 2.41. The molecule has 1 amide bonds. The average Bonchev–Trinajstić information content (AvgIpc) is 3.18. The summed E-state index contributed by atoms with van der Waals surface area (Å²) < 4.78 is 5.11. The molecule has 0 saturated heterocycles. The predicted octanol–water partition coefficient (Wildman–Crippen LogP) is 2.68. The predicted molar refractivity (Wildman–Crippen MR) is 76.2 cm³/mol. The molecule has 6 nitrogen and oxygen atoms in total. The van der Waals surface area contributed by atoms with Crippen LogP contribution in [0.5, 0.6) is 0 Å². The number of ether oxygens (including phenoxy) is 1. The van der Waals surface area contributed by atoms with E-state index < -0.39 is 17.7 Å². The number of rotatable bonds is 4. The highest BCUT2D eigenvalue weighted by molar-refractivity contribution is 5.87. The summed E-state index contributed by atoms with van der Waals surface area (Å²) in [5.74, 6) is -0.715. The number of nitrogens with zero attached hydrogens (tertiary/aromatic N) is 1. The van der Waals surface area contributed by atoms with Crippen LogP contribution in [0.3, 0.4) is 0 Å². The molecule has 0 bridgehead atoms. The summed E-state index contributed by atoms with van der Waals surface area (Å²) in [5, 5.41) is 11.8. The van der Waals surface area contributed by atoms with Gasteiger partial charge in [-0.25, -0.2) is 14.6 Å². The van der Waals surface area contributed by atoms with Crippen molar-refractivity contribution >= 4 is 12.1 Å². The fraction of sp³-hybridized carbons (Fsp3) is 0.533. The zero-order chi connectivity index (χ0) is 15.6. The first-order valence-corrected chi connectivity index (χ1v) is 6.96. The Hall–Kier alpha value is -2.11. The normalized spacial score (nSPS) is 14.6. The van der Waals surface area contributed by atoms with Gasteiger partial charge in [-0.3, -0.25) is 0 Å². The molecule has 0 atom stereocenters. The Kier molecular flexibility index (Phi) is 4.16. The number of hydrogen-bond acceptors (Lipinski definition) is 4. The topological polar surface area (TPSA) is 88.5 Å². The number of pyridine rings is 1. The van der Waals surface area contributed by atoms with Crippen molar-refractivity contribution < 1.29 is 19.4 Å². The molecule has 1 aliphatic carbocycles. The Balaban J connectivity index is 2.02. The molecule has 0 unspecified atom stereocenters. The number of amides is 1. The zero-order valence-corrected chi connectivity index (χ0v) is 12.5. The molecule has 6 heteroatoms. The fourth-order valence-corrected chi connectivity index (χ4v) is 1.98. The maximum atomic E-state index is 11.6. The third-order valence-electron chi connectivity index (χ3n) is 3.02. The second-order valence-corrected chi connectivity index (χ2v) is 6.18. The number of alkyl carbamates (subject to hydrolysis) is 1. The van der Waals surface area contributed by atoms with E-state index in [1.165, 1.54) is 0 Å². The van der Waals surface area contributed by atoms with Crippen molar-refractivity contribution in [3.05, 3.63) is 29.1 Å². The van der Waals surface area contributed by atoms with Crippen LogP contribution in [0.1, 0.15) is 61.3 Å². The van der Waals surface area contributed by atoms with Crippen LogP contribution >= 0.6 is 0 Å². The molecule has 114 valence electrons. The Morgan fingerprint density at radius 1 is 1.38 bits per heavy atom. The molecular formula is C15H20N2O4. The molecule has 0 spiro atoms. The quantitative estimate of drug-likeness (QED) is 0.890. The van der Waals surface area contributed by atoms with E-state index in [1.807, 2.05) is 0 Å². The van der Waals surface area contributed by atoms with Gasteiger partial charge in [0.05, 0.1) is 12.2 Å². The number of carboxylic acid groups (broad SMARTS) is 1. The number of aromatic carboxylic acids is 1. The minimum absolute atomic E-state index is 0.0842. The first-order valence-electron chi connectivity index (χ1n) is 6.96. The fourth-order valence-electron chi connectivity index (χ4n) is 1.98. The molecule has 0 radical (unpaired) electrons. The van der Waals surface area contributed by atoms with E-state index in [-0.39, 0.29) is 12.2 Å². The van der Waals surface area contributed by atoms with E-state index in [9.17, 15) is 14.7 Å². The maximum absolute atomic E-state index is 11.6. The lowest BCUT2D eigenvalue weighted by molar-refractivity contribution is 0.0522. The molecule has 1 aromatic heterocycles. The van der Waals surface area contributed by atoms with Crippen LogP contribution in [0.25, 0.3) is 0 Å². The maximum Gasteiger partial charge on any atom is 0.407 e. The number of aromatic nitrogens is 1. The summed E-state index contributed by atoms with van der Waals surface area (Å²) in [6.45, 7) is 5.47. The molecule has 1 aliphatic rings. The van der Waals surface area contributed by atoms with Crippen molar-refractivity contribution in [1.82, 2.24) is 10.3 Å². The van der Waals surface area contributed by atoms with E-state index in [2.05, 4.69) is 10.3 Å². The average molecular weight is 292 g/mol. The van der Waals surface area contributed by atoms with Gasteiger partial charge in [-0.05, 0) is 51.2 Å². The Labute approximate surface area is 123 Å². The lowest BCUT2D eigenvalue weighted by atomic mass is 10.1. The smallest absolute Gasteiger partial charge is 0.407 e. The molecule has 0 aliphatic heterocycles. The molecule has 1 fully saturated rings. The minimum Gasteiger partial charge on any atom is -0.477 e. The lowest BCUT2D eigenvalue weighted by Crippen LogP contribution is -2.32. The van der Waals surface area contributed by atoms with Gasteiger partial charge in [0.15, 0.2) is 5.69 Å². The second-order valence-electron chi connectivity index (χ2n) is 6.18. The molecule has 1 saturated carbocycles. The third-order valence-corrected chi connectivity index (χ3v) is 3.02. The Bertz CT molecular complexity index is 559. The summed E-state index contributed by atoms with van der Waals surface area (Å²) in [6, 6.07) is 3.54. The molecule has 1 heterocycles. The summed E-state index contributed by atoms with van der Waals surface area (Å²) >= 11 is 0. The van der Waals surface area contributed by atoms with Gasteiger partial charge in [0.1, 0.15) is 5.60 Å². The SMILES string of the molecule is CC(C)(C)OC(=O)NCc1ccc(C2CC2)c(C(=O)O)n1. The van der Waals surface area contributed by atoms with Gasteiger partial charge in [-0.15, -0.1) is 0 Å². The van der Waals surface area contributed by atoms with Crippen molar-refractivity contribution in [2.75, 3.05) is 0 Å². The highest BCUT2D eigenvalue weighted by Gasteiger charge is 2.29. The zero-order valence-electron chi connectivity index (χ0n) is 12.5. The Morgan fingerprint density at radius 2 is 2.05 bits per heavy atom. The standard InChI is InChI=1S/C15H20N2O4/c1-15(2,3)21-14(20)16-8-10-6-7-11(9-4-5-9)12(17-10)13(18)19/h6-7,9H,4-5,8H2,1-3H3,(H,16,20)(H,18,19). The molecule has 2 N–H and O–H groups in total. The van der Waals surface area contributed by atoms with Crippen LogP contribution < -0.4 is 5.32 Å². The van der Waals surface area contributed by atoms with Gasteiger partial charge >= 0.3 is 12.1 Å². The van der Waals surface area contributed by atoms with E-state index in [0.717, 1.165) is 18.4 Å².